The topological polar surface area (TPSA) is 59.4 Å². The predicted octanol–water partition coefficient (Wildman–Crippen LogP) is 2.46. The Morgan fingerprint density at radius 2 is 2.29 bits per heavy atom. The highest BCUT2D eigenvalue weighted by atomic mass is 32.1. The van der Waals surface area contributed by atoms with Gasteiger partial charge in [-0.2, -0.15) is 0 Å². The van der Waals surface area contributed by atoms with Crippen LogP contribution in [0, 0.1) is 0 Å². The van der Waals surface area contributed by atoms with Crippen LogP contribution in [0.25, 0.3) is 0 Å². The van der Waals surface area contributed by atoms with Gasteiger partial charge in [0.15, 0.2) is 0 Å². The first-order chi connectivity index (χ1) is 8.25. The zero-order valence-corrected chi connectivity index (χ0v) is 9.81. The van der Waals surface area contributed by atoms with Gasteiger partial charge in [0.05, 0.1) is 12.8 Å². The Labute approximate surface area is 103 Å². The number of pyridine rings is 1. The normalized spacial score (nSPS) is 10.1. The Morgan fingerprint density at radius 3 is 2.88 bits per heavy atom. The number of aromatic carboxylic acids is 1. The summed E-state index contributed by atoms with van der Waals surface area (Å²) in [6.45, 7) is 0.564. The van der Waals surface area contributed by atoms with E-state index < -0.39 is 5.97 Å². The summed E-state index contributed by atoms with van der Waals surface area (Å²) in [5.74, 6) is -0.443. The number of ether oxygens (including phenoxy) is 1. The molecule has 88 valence electrons. The number of nitrogens with zero attached hydrogens (tertiary/aromatic N) is 1. The van der Waals surface area contributed by atoms with Crippen LogP contribution in [0.5, 0.6) is 5.75 Å². The first-order valence-corrected chi connectivity index (χ1v) is 5.98. The Bertz CT molecular complexity index is 479. The fourth-order valence-corrected chi connectivity index (χ4v) is 2.01. The van der Waals surface area contributed by atoms with Crippen LogP contribution in [0.2, 0.25) is 0 Å². The molecule has 0 atom stereocenters. The zero-order chi connectivity index (χ0) is 12.1. The third-order valence-corrected chi connectivity index (χ3v) is 3.09. The molecule has 0 spiro atoms. The van der Waals surface area contributed by atoms with E-state index in [-0.39, 0.29) is 5.69 Å². The largest absolute Gasteiger partial charge is 0.492 e. The SMILES string of the molecule is O=C(O)c1ccc(OCCc2cccs2)cn1. The molecule has 5 heteroatoms. The van der Waals surface area contributed by atoms with Crippen molar-refractivity contribution in [1.82, 2.24) is 4.98 Å². The van der Waals surface area contributed by atoms with Gasteiger partial charge in [-0.25, -0.2) is 9.78 Å². The minimum atomic E-state index is -1.03. The van der Waals surface area contributed by atoms with Crippen LogP contribution in [0.3, 0.4) is 0 Å². The lowest BCUT2D eigenvalue weighted by Gasteiger charge is -2.04. The minimum absolute atomic E-state index is 0.0237. The van der Waals surface area contributed by atoms with Crippen molar-refractivity contribution in [1.29, 1.82) is 0 Å². The van der Waals surface area contributed by atoms with Crippen molar-refractivity contribution in [2.45, 2.75) is 6.42 Å². The number of carboxylic acid groups (broad SMARTS) is 1. The molecule has 0 saturated heterocycles. The first kappa shape index (κ1) is 11.6. The molecule has 2 heterocycles. The van der Waals surface area contributed by atoms with E-state index in [9.17, 15) is 4.79 Å². The Kier molecular flexibility index (Phi) is 3.72. The highest BCUT2D eigenvalue weighted by Gasteiger charge is 2.03. The molecule has 0 fully saturated rings. The first-order valence-electron chi connectivity index (χ1n) is 5.10. The van der Waals surface area contributed by atoms with E-state index in [1.807, 2.05) is 11.4 Å². The molecule has 0 aromatic carbocycles. The Balaban J connectivity index is 1.85. The van der Waals surface area contributed by atoms with Gasteiger partial charge in [-0.3, -0.25) is 0 Å². The third-order valence-electron chi connectivity index (χ3n) is 2.15. The van der Waals surface area contributed by atoms with Crippen LogP contribution >= 0.6 is 11.3 Å². The van der Waals surface area contributed by atoms with Crippen molar-refractivity contribution in [2.75, 3.05) is 6.61 Å². The summed E-state index contributed by atoms with van der Waals surface area (Å²) in [4.78, 5) is 15.6. The summed E-state index contributed by atoms with van der Waals surface area (Å²) in [6, 6.07) is 7.11. The van der Waals surface area contributed by atoms with Crippen molar-refractivity contribution in [3.05, 3.63) is 46.4 Å². The second-order valence-corrected chi connectivity index (χ2v) is 4.39. The molecular formula is C12H11NO3S. The van der Waals surface area contributed by atoms with E-state index in [1.165, 1.54) is 17.1 Å². The number of hydrogen-bond donors (Lipinski definition) is 1. The second kappa shape index (κ2) is 5.45. The lowest BCUT2D eigenvalue weighted by Crippen LogP contribution is -2.03. The molecule has 0 amide bonds. The van der Waals surface area contributed by atoms with E-state index in [4.69, 9.17) is 9.84 Å². The van der Waals surface area contributed by atoms with Gasteiger partial charge >= 0.3 is 5.97 Å². The van der Waals surface area contributed by atoms with Gasteiger partial charge < -0.3 is 9.84 Å². The van der Waals surface area contributed by atoms with Gasteiger partial charge in [0.2, 0.25) is 0 Å². The fraction of sp³-hybridized carbons (Fsp3) is 0.167. The number of carboxylic acids is 1. The highest BCUT2D eigenvalue weighted by molar-refractivity contribution is 7.09. The summed E-state index contributed by atoms with van der Waals surface area (Å²) in [6.07, 6.45) is 2.27. The maximum Gasteiger partial charge on any atom is 0.354 e. The van der Waals surface area contributed by atoms with Gasteiger partial charge in [0, 0.05) is 11.3 Å². The molecule has 2 aromatic heterocycles. The lowest BCUT2D eigenvalue weighted by molar-refractivity contribution is 0.0690. The number of carbonyl (C=O) groups is 1. The van der Waals surface area contributed by atoms with Crippen LogP contribution < -0.4 is 4.74 Å². The number of hydrogen-bond acceptors (Lipinski definition) is 4. The zero-order valence-electron chi connectivity index (χ0n) is 9.00. The second-order valence-electron chi connectivity index (χ2n) is 3.36. The van der Waals surface area contributed by atoms with Gasteiger partial charge in [0.25, 0.3) is 0 Å². The monoisotopic (exact) mass is 249 g/mol. The summed E-state index contributed by atoms with van der Waals surface area (Å²) in [7, 11) is 0. The quantitative estimate of drug-likeness (QED) is 0.884. The molecule has 0 saturated carbocycles. The maximum absolute atomic E-state index is 10.6. The van der Waals surface area contributed by atoms with Crippen molar-refractivity contribution in [3.8, 4) is 5.75 Å². The van der Waals surface area contributed by atoms with Gasteiger partial charge in [-0.05, 0) is 23.6 Å². The summed E-state index contributed by atoms with van der Waals surface area (Å²) in [5.41, 5.74) is 0.0237. The molecular weight excluding hydrogens is 238 g/mol. The van der Waals surface area contributed by atoms with Crippen molar-refractivity contribution < 1.29 is 14.6 Å². The van der Waals surface area contributed by atoms with E-state index in [2.05, 4.69) is 11.1 Å². The van der Waals surface area contributed by atoms with Gasteiger partial charge in [-0.1, -0.05) is 6.07 Å². The van der Waals surface area contributed by atoms with Crippen LogP contribution in [-0.2, 0) is 6.42 Å². The van der Waals surface area contributed by atoms with Crippen LogP contribution in [-0.4, -0.2) is 22.7 Å². The van der Waals surface area contributed by atoms with Gasteiger partial charge in [0.1, 0.15) is 11.4 Å². The van der Waals surface area contributed by atoms with Crippen molar-refractivity contribution in [2.24, 2.45) is 0 Å². The average Bonchev–Trinajstić information content (AvgIpc) is 2.83. The molecule has 0 aliphatic carbocycles. The summed E-state index contributed by atoms with van der Waals surface area (Å²) < 4.78 is 5.47. The number of thiophene rings is 1. The molecule has 0 aliphatic heterocycles. The van der Waals surface area contributed by atoms with E-state index in [0.717, 1.165) is 6.42 Å². The third kappa shape index (κ3) is 3.29. The minimum Gasteiger partial charge on any atom is -0.492 e. The predicted molar refractivity (Wildman–Crippen MR) is 64.7 cm³/mol. The van der Waals surface area contributed by atoms with Crippen molar-refractivity contribution in [3.63, 3.8) is 0 Å². The molecule has 2 rings (SSSR count). The standard InChI is InChI=1S/C12H11NO3S/c14-12(15)11-4-3-9(8-13-11)16-6-5-10-2-1-7-17-10/h1-4,7-8H,5-6H2,(H,14,15). The molecule has 0 unspecified atom stereocenters. The molecule has 4 nitrogen and oxygen atoms in total. The Hall–Kier alpha value is -1.88. The molecule has 17 heavy (non-hydrogen) atoms. The van der Waals surface area contributed by atoms with Crippen molar-refractivity contribution >= 4 is 17.3 Å². The van der Waals surface area contributed by atoms with Crippen LogP contribution in [0.4, 0.5) is 0 Å². The maximum atomic E-state index is 10.6. The number of aromatic nitrogens is 1. The van der Waals surface area contributed by atoms with E-state index in [1.54, 1.807) is 17.4 Å². The van der Waals surface area contributed by atoms with Crippen LogP contribution in [0.1, 0.15) is 15.4 Å². The average molecular weight is 249 g/mol. The fourth-order valence-electron chi connectivity index (χ4n) is 1.32. The molecule has 2 aromatic rings. The lowest BCUT2D eigenvalue weighted by atomic mass is 10.3. The molecule has 0 aliphatic rings. The van der Waals surface area contributed by atoms with E-state index >= 15 is 0 Å². The molecule has 1 N–H and O–H groups in total. The van der Waals surface area contributed by atoms with Crippen LogP contribution in [0.15, 0.2) is 35.8 Å². The van der Waals surface area contributed by atoms with Gasteiger partial charge in [-0.15, -0.1) is 11.3 Å². The molecule has 0 bridgehead atoms. The Morgan fingerprint density at radius 1 is 1.41 bits per heavy atom. The summed E-state index contributed by atoms with van der Waals surface area (Å²) >= 11 is 1.69. The summed E-state index contributed by atoms with van der Waals surface area (Å²) in [5, 5.41) is 10.7. The molecule has 0 radical (unpaired) electrons. The highest BCUT2D eigenvalue weighted by Crippen LogP contribution is 2.12. The number of rotatable bonds is 5. The van der Waals surface area contributed by atoms with E-state index in [0.29, 0.717) is 12.4 Å². The smallest absolute Gasteiger partial charge is 0.354 e.